The molecule has 108 valence electrons. The van der Waals surface area contributed by atoms with Crippen LogP contribution in [0.3, 0.4) is 0 Å². The summed E-state index contributed by atoms with van der Waals surface area (Å²) in [4.78, 5) is 14.7. The Kier molecular flexibility index (Phi) is 4.28. The number of halogens is 3. The highest BCUT2D eigenvalue weighted by atomic mass is 32.1. The van der Waals surface area contributed by atoms with Crippen LogP contribution in [-0.2, 0) is 17.5 Å². The van der Waals surface area contributed by atoms with Crippen LogP contribution in [0.1, 0.15) is 31.5 Å². The molecule has 0 aromatic carbocycles. The maximum absolute atomic E-state index is 12.4. The van der Waals surface area contributed by atoms with Crippen LogP contribution < -0.4 is 11.1 Å². The highest BCUT2D eigenvalue weighted by molar-refractivity contribution is 7.15. The van der Waals surface area contributed by atoms with Gasteiger partial charge >= 0.3 is 12.3 Å². The van der Waals surface area contributed by atoms with Crippen molar-refractivity contribution < 1.29 is 22.7 Å². The average molecular weight is 297 g/mol. The second-order valence-corrected chi connectivity index (χ2v) is 5.79. The number of nitrogen functional groups attached to an aromatic ring is 1. The zero-order valence-electron chi connectivity index (χ0n) is 10.6. The van der Waals surface area contributed by atoms with Crippen LogP contribution in [0.25, 0.3) is 0 Å². The summed E-state index contributed by atoms with van der Waals surface area (Å²) in [5, 5.41) is 1.95. The van der Waals surface area contributed by atoms with Gasteiger partial charge in [-0.1, -0.05) is 11.3 Å². The minimum Gasteiger partial charge on any atom is -0.444 e. The summed E-state index contributed by atoms with van der Waals surface area (Å²) in [5.74, 6) is 0. The number of carbonyl (C=O) groups is 1. The van der Waals surface area contributed by atoms with E-state index in [-0.39, 0.29) is 11.6 Å². The molecule has 0 aliphatic carbocycles. The van der Waals surface area contributed by atoms with Crippen molar-refractivity contribution >= 4 is 22.4 Å². The number of nitrogens with zero attached hydrogens (tertiary/aromatic N) is 1. The molecule has 9 heteroatoms. The molecule has 0 fully saturated rings. The number of amides is 1. The maximum atomic E-state index is 12.4. The zero-order chi connectivity index (χ0) is 14.8. The third kappa shape index (κ3) is 4.93. The van der Waals surface area contributed by atoms with Crippen molar-refractivity contribution in [2.24, 2.45) is 0 Å². The molecule has 0 aliphatic rings. The van der Waals surface area contributed by atoms with Crippen LogP contribution >= 0.6 is 11.3 Å². The van der Waals surface area contributed by atoms with Crippen LogP contribution in [0.4, 0.5) is 23.0 Å². The molecule has 19 heavy (non-hydrogen) atoms. The number of alkyl halides is 3. The predicted molar refractivity (Wildman–Crippen MR) is 64.6 cm³/mol. The highest BCUT2D eigenvalue weighted by Crippen LogP contribution is 2.35. The van der Waals surface area contributed by atoms with Gasteiger partial charge in [0.05, 0.1) is 6.54 Å². The number of anilines is 1. The Bertz CT molecular complexity index is 466. The second kappa shape index (κ2) is 5.24. The number of alkyl carbamates (subject to hydrolysis) is 1. The van der Waals surface area contributed by atoms with E-state index in [0.29, 0.717) is 11.3 Å². The van der Waals surface area contributed by atoms with Gasteiger partial charge < -0.3 is 15.8 Å². The van der Waals surface area contributed by atoms with E-state index in [9.17, 15) is 18.0 Å². The van der Waals surface area contributed by atoms with Gasteiger partial charge in [0, 0.05) is 0 Å². The molecule has 1 heterocycles. The molecule has 3 N–H and O–H groups in total. The van der Waals surface area contributed by atoms with Gasteiger partial charge in [-0.3, -0.25) is 0 Å². The van der Waals surface area contributed by atoms with Gasteiger partial charge in [-0.25, -0.2) is 9.78 Å². The Morgan fingerprint density at radius 3 is 2.42 bits per heavy atom. The average Bonchev–Trinajstić information content (AvgIpc) is 2.53. The van der Waals surface area contributed by atoms with Crippen molar-refractivity contribution in [1.82, 2.24) is 10.3 Å². The lowest BCUT2D eigenvalue weighted by molar-refractivity contribution is -0.140. The number of ether oxygens (including phenoxy) is 1. The predicted octanol–water partition coefficient (Wildman–Crippen LogP) is 2.77. The molecule has 1 rings (SSSR count). The topological polar surface area (TPSA) is 77.2 Å². The lowest BCUT2D eigenvalue weighted by Gasteiger charge is -2.19. The Morgan fingerprint density at radius 1 is 1.42 bits per heavy atom. The molecule has 1 aromatic heterocycles. The van der Waals surface area contributed by atoms with Gasteiger partial charge in [0.15, 0.2) is 5.69 Å². The Labute approximate surface area is 112 Å². The quantitative estimate of drug-likeness (QED) is 0.880. The monoisotopic (exact) mass is 297 g/mol. The summed E-state index contributed by atoms with van der Waals surface area (Å²) < 4.78 is 42.2. The van der Waals surface area contributed by atoms with Crippen LogP contribution in [-0.4, -0.2) is 16.7 Å². The molecule has 1 amide bonds. The van der Waals surface area contributed by atoms with E-state index in [1.54, 1.807) is 20.8 Å². The fourth-order valence-corrected chi connectivity index (χ4v) is 1.91. The molecular formula is C10H14F3N3O2S. The van der Waals surface area contributed by atoms with Crippen molar-refractivity contribution in [2.75, 3.05) is 5.73 Å². The smallest absolute Gasteiger partial charge is 0.436 e. The Balaban J connectivity index is 2.63. The maximum Gasteiger partial charge on any atom is 0.436 e. The molecule has 0 atom stereocenters. The van der Waals surface area contributed by atoms with E-state index in [2.05, 4.69) is 10.3 Å². The van der Waals surface area contributed by atoms with Gasteiger partial charge in [0.25, 0.3) is 0 Å². The summed E-state index contributed by atoms with van der Waals surface area (Å²) in [5.41, 5.74) is 3.42. The standard InChI is InChI=1S/C10H14F3N3O2S/c1-9(2,3)18-8(17)15-4-5-16-6(7(14)19-5)10(11,12)13/h4,14H2,1-3H3,(H,15,17). The molecule has 5 nitrogen and oxygen atoms in total. The molecule has 0 aliphatic heterocycles. The molecule has 0 saturated heterocycles. The van der Waals surface area contributed by atoms with E-state index in [1.807, 2.05) is 0 Å². The van der Waals surface area contributed by atoms with Crippen molar-refractivity contribution in [3.8, 4) is 0 Å². The first-order valence-corrected chi connectivity index (χ1v) is 6.10. The van der Waals surface area contributed by atoms with Crippen molar-refractivity contribution in [1.29, 1.82) is 0 Å². The fourth-order valence-electron chi connectivity index (χ4n) is 1.12. The van der Waals surface area contributed by atoms with E-state index >= 15 is 0 Å². The largest absolute Gasteiger partial charge is 0.444 e. The van der Waals surface area contributed by atoms with Crippen molar-refractivity contribution in [2.45, 2.75) is 39.1 Å². The van der Waals surface area contributed by atoms with Crippen LogP contribution in [0, 0.1) is 0 Å². The summed E-state index contributed by atoms with van der Waals surface area (Å²) in [6.45, 7) is 4.86. The minimum absolute atomic E-state index is 0.0654. The van der Waals surface area contributed by atoms with Crippen LogP contribution in [0.15, 0.2) is 0 Å². The third-order valence-corrected chi connectivity index (χ3v) is 2.63. The Hall–Kier alpha value is -1.51. The molecule has 1 aromatic rings. The minimum atomic E-state index is -4.59. The number of carbonyl (C=O) groups excluding carboxylic acids is 1. The van der Waals surface area contributed by atoms with Crippen LogP contribution in [0.2, 0.25) is 0 Å². The fraction of sp³-hybridized carbons (Fsp3) is 0.600. The normalized spacial score (nSPS) is 12.3. The van der Waals surface area contributed by atoms with E-state index in [1.165, 1.54) is 0 Å². The second-order valence-electron chi connectivity index (χ2n) is 4.67. The summed E-state index contributed by atoms with van der Waals surface area (Å²) in [7, 11) is 0. The first-order valence-electron chi connectivity index (χ1n) is 5.28. The van der Waals surface area contributed by atoms with E-state index in [0.717, 1.165) is 0 Å². The molecule has 0 bridgehead atoms. The Morgan fingerprint density at radius 2 is 2.00 bits per heavy atom. The molecule has 0 unspecified atom stereocenters. The van der Waals surface area contributed by atoms with Gasteiger partial charge in [-0.05, 0) is 20.8 Å². The number of hydrogen-bond donors (Lipinski definition) is 2. The first-order chi connectivity index (χ1) is 8.49. The molecule has 0 saturated carbocycles. The summed E-state index contributed by atoms with van der Waals surface area (Å²) in [6.07, 6.45) is -5.32. The number of rotatable bonds is 2. The highest BCUT2D eigenvalue weighted by Gasteiger charge is 2.36. The van der Waals surface area contributed by atoms with E-state index in [4.69, 9.17) is 10.5 Å². The van der Waals surface area contributed by atoms with Crippen molar-refractivity contribution in [3.05, 3.63) is 10.7 Å². The van der Waals surface area contributed by atoms with Crippen LogP contribution in [0.5, 0.6) is 0 Å². The van der Waals surface area contributed by atoms with Gasteiger partial charge in [-0.15, -0.1) is 0 Å². The van der Waals surface area contributed by atoms with Gasteiger partial charge in [-0.2, -0.15) is 13.2 Å². The lowest BCUT2D eigenvalue weighted by atomic mass is 10.2. The van der Waals surface area contributed by atoms with E-state index < -0.39 is 28.6 Å². The van der Waals surface area contributed by atoms with Crippen molar-refractivity contribution in [3.63, 3.8) is 0 Å². The third-order valence-electron chi connectivity index (χ3n) is 1.75. The molecular weight excluding hydrogens is 283 g/mol. The summed E-state index contributed by atoms with van der Waals surface area (Å²) >= 11 is 0.678. The number of thiazole rings is 1. The summed E-state index contributed by atoms with van der Waals surface area (Å²) in [6, 6.07) is 0. The number of hydrogen-bond acceptors (Lipinski definition) is 5. The van der Waals surface area contributed by atoms with Gasteiger partial charge in [0.2, 0.25) is 0 Å². The number of aromatic nitrogens is 1. The molecule has 0 radical (unpaired) electrons. The number of nitrogens with one attached hydrogen (secondary N) is 1. The van der Waals surface area contributed by atoms with Gasteiger partial charge in [0.1, 0.15) is 15.6 Å². The SMILES string of the molecule is CC(C)(C)OC(=O)NCc1nc(C(F)(F)F)c(N)s1. The lowest BCUT2D eigenvalue weighted by Crippen LogP contribution is -2.32. The molecule has 0 spiro atoms. The first kappa shape index (κ1) is 15.5. The number of nitrogens with two attached hydrogens (primary N) is 1. The zero-order valence-corrected chi connectivity index (χ0v) is 11.4.